The number of rotatable bonds is 2. The maximum absolute atomic E-state index is 12.4. The second-order valence-electron chi connectivity index (χ2n) is 4.26. The van der Waals surface area contributed by atoms with Crippen LogP contribution in [0.25, 0.3) is 0 Å². The fourth-order valence-electron chi connectivity index (χ4n) is 1.92. The van der Waals surface area contributed by atoms with Crippen molar-refractivity contribution in [2.75, 3.05) is 26.8 Å². The number of carbonyl (C=O) groups is 2. The summed E-state index contributed by atoms with van der Waals surface area (Å²) in [6.07, 6.45) is -0.733. The normalized spacial score (nSPS) is 18.8. The molecule has 1 aromatic carbocycles. The summed E-state index contributed by atoms with van der Waals surface area (Å²) in [5.74, 6) is -0.659. The Morgan fingerprint density at radius 3 is 2.90 bits per heavy atom. The molecule has 20 heavy (non-hydrogen) atoms. The van der Waals surface area contributed by atoms with E-state index in [0.29, 0.717) is 23.7 Å². The van der Waals surface area contributed by atoms with Gasteiger partial charge in [-0.25, -0.2) is 4.79 Å². The Morgan fingerprint density at radius 1 is 1.50 bits per heavy atom. The molecular formula is C13H13BrClNO4. The number of amides is 1. The van der Waals surface area contributed by atoms with E-state index in [1.54, 1.807) is 23.1 Å². The third-order valence-electron chi connectivity index (χ3n) is 2.98. The van der Waals surface area contributed by atoms with Crippen molar-refractivity contribution in [2.24, 2.45) is 0 Å². The summed E-state index contributed by atoms with van der Waals surface area (Å²) < 4.78 is 10.6. The monoisotopic (exact) mass is 361 g/mol. The van der Waals surface area contributed by atoms with Gasteiger partial charge in [-0.05, 0) is 34.1 Å². The molecule has 0 N–H and O–H groups in total. The summed E-state index contributed by atoms with van der Waals surface area (Å²) in [7, 11) is 1.29. The molecule has 0 radical (unpaired) electrons. The average Bonchev–Trinajstić information content (AvgIpc) is 2.48. The summed E-state index contributed by atoms with van der Waals surface area (Å²) in [6.45, 7) is 0.912. The highest BCUT2D eigenvalue weighted by Gasteiger charge is 2.30. The van der Waals surface area contributed by atoms with Crippen LogP contribution in [-0.4, -0.2) is 49.7 Å². The number of hydrogen-bond acceptors (Lipinski definition) is 4. The lowest BCUT2D eigenvalue weighted by atomic mass is 10.1. The molecule has 108 valence electrons. The summed E-state index contributed by atoms with van der Waals surface area (Å²) in [5.41, 5.74) is 0.476. The lowest BCUT2D eigenvalue weighted by molar-refractivity contribution is -0.158. The van der Waals surface area contributed by atoms with Gasteiger partial charge in [-0.15, -0.1) is 0 Å². The van der Waals surface area contributed by atoms with E-state index in [0.717, 1.165) is 4.47 Å². The van der Waals surface area contributed by atoms with Crippen molar-refractivity contribution in [3.8, 4) is 0 Å². The number of ether oxygens (including phenoxy) is 2. The Morgan fingerprint density at radius 2 is 2.25 bits per heavy atom. The largest absolute Gasteiger partial charge is 0.467 e. The zero-order chi connectivity index (χ0) is 14.7. The van der Waals surface area contributed by atoms with E-state index in [4.69, 9.17) is 16.3 Å². The predicted molar refractivity (Wildman–Crippen MR) is 76.8 cm³/mol. The first-order chi connectivity index (χ1) is 9.52. The van der Waals surface area contributed by atoms with Gasteiger partial charge in [-0.2, -0.15) is 0 Å². The molecule has 0 aromatic heterocycles. The van der Waals surface area contributed by atoms with Gasteiger partial charge in [0.1, 0.15) is 0 Å². The fourth-order valence-corrected chi connectivity index (χ4v) is 2.35. The molecule has 0 bridgehead atoms. The second kappa shape index (κ2) is 6.56. The molecule has 5 nitrogen and oxygen atoms in total. The van der Waals surface area contributed by atoms with Crippen LogP contribution in [-0.2, 0) is 14.3 Å². The Bertz CT molecular complexity index is 537. The molecule has 1 fully saturated rings. The van der Waals surface area contributed by atoms with Crippen LogP contribution in [0.5, 0.6) is 0 Å². The molecule has 1 aliphatic heterocycles. The predicted octanol–water partition coefficient (Wildman–Crippen LogP) is 2.12. The Labute approximate surface area is 129 Å². The lowest BCUT2D eigenvalue weighted by Gasteiger charge is -2.31. The molecule has 2 rings (SSSR count). The van der Waals surface area contributed by atoms with E-state index >= 15 is 0 Å². The van der Waals surface area contributed by atoms with E-state index in [-0.39, 0.29) is 12.5 Å². The van der Waals surface area contributed by atoms with E-state index in [9.17, 15) is 9.59 Å². The molecule has 7 heteroatoms. The van der Waals surface area contributed by atoms with Crippen LogP contribution in [0.2, 0.25) is 5.02 Å². The number of benzene rings is 1. The van der Waals surface area contributed by atoms with Gasteiger partial charge in [-0.1, -0.05) is 11.6 Å². The molecule has 1 unspecified atom stereocenters. The third-order valence-corrected chi connectivity index (χ3v) is 4.22. The van der Waals surface area contributed by atoms with Crippen LogP contribution in [0.3, 0.4) is 0 Å². The molecule has 1 saturated heterocycles. The smallest absolute Gasteiger partial charge is 0.336 e. The van der Waals surface area contributed by atoms with Crippen LogP contribution < -0.4 is 0 Å². The topological polar surface area (TPSA) is 55.8 Å². The van der Waals surface area contributed by atoms with Crippen LogP contribution in [0, 0.1) is 0 Å². The summed E-state index contributed by atoms with van der Waals surface area (Å²) in [6, 6.07) is 4.99. The quantitative estimate of drug-likeness (QED) is 0.756. The van der Waals surface area contributed by atoms with Crippen LogP contribution in [0.4, 0.5) is 0 Å². The van der Waals surface area contributed by atoms with Crippen molar-refractivity contribution in [1.82, 2.24) is 4.90 Å². The molecule has 1 aliphatic rings. The minimum Gasteiger partial charge on any atom is -0.467 e. The maximum Gasteiger partial charge on any atom is 0.336 e. The molecule has 0 saturated carbocycles. The molecule has 1 atom stereocenters. The minimum absolute atomic E-state index is 0.180. The number of nitrogens with zero attached hydrogens (tertiary/aromatic N) is 1. The molecule has 0 spiro atoms. The van der Waals surface area contributed by atoms with Gasteiger partial charge in [0.2, 0.25) is 0 Å². The maximum atomic E-state index is 12.4. The average molecular weight is 363 g/mol. The number of methoxy groups -OCH3 is 1. The van der Waals surface area contributed by atoms with Crippen LogP contribution >= 0.6 is 27.5 Å². The highest BCUT2D eigenvalue weighted by atomic mass is 79.9. The molecule has 1 heterocycles. The number of carbonyl (C=O) groups excluding carboxylic acids is 2. The van der Waals surface area contributed by atoms with Crippen molar-refractivity contribution in [3.05, 3.63) is 33.3 Å². The fraction of sp³-hybridized carbons (Fsp3) is 0.385. The first-order valence-corrected chi connectivity index (χ1v) is 7.13. The van der Waals surface area contributed by atoms with E-state index in [2.05, 4.69) is 20.7 Å². The standard InChI is InChI=1S/C13H13BrClNO4/c1-19-13(18)11-7-16(4-5-20-11)12(17)8-2-3-9(14)10(15)6-8/h2-3,6,11H,4-5,7H2,1H3. The summed E-state index contributed by atoms with van der Waals surface area (Å²) in [4.78, 5) is 25.4. The highest BCUT2D eigenvalue weighted by molar-refractivity contribution is 9.10. The van der Waals surface area contributed by atoms with Gasteiger partial charge < -0.3 is 14.4 Å². The van der Waals surface area contributed by atoms with Crippen molar-refractivity contribution in [1.29, 1.82) is 0 Å². The first kappa shape index (κ1) is 15.3. The number of morpholine rings is 1. The Kier molecular flexibility index (Phi) is 5.01. The highest BCUT2D eigenvalue weighted by Crippen LogP contribution is 2.24. The van der Waals surface area contributed by atoms with Crippen molar-refractivity contribution >= 4 is 39.4 Å². The molecular weight excluding hydrogens is 350 g/mol. The molecule has 0 aliphatic carbocycles. The van der Waals surface area contributed by atoms with Gasteiger partial charge in [0.15, 0.2) is 6.10 Å². The van der Waals surface area contributed by atoms with Gasteiger partial charge in [0.25, 0.3) is 5.91 Å². The van der Waals surface area contributed by atoms with E-state index < -0.39 is 12.1 Å². The minimum atomic E-state index is -0.733. The van der Waals surface area contributed by atoms with Crippen molar-refractivity contribution in [2.45, 2.75) is 6.10 Å². The van der Waals surface area contributed by atoms with Crippen LogP contribution in [0.1, 0.15) is 10.4 Å². The summed E-state index contributed by atoms with van der Waals surface area (Å²) >= 11 is 9.26. The lowest BCUT2D eigenvalue weighted by Crippen LogP contribution is -2.48. The van der Waals surface area contributed by atoms with Gasteiger partial charge in [0.05, 0.1) is 25.3 Å². The van der Waals surface area contributed by atoms with Crippen LogP contribution in [0.15, 0.2) is 22.7 Å². The first-order valence-electron chi connectivity index (χ1n) is 5.96. The zero-order valence-corrected chi connectivity index (χ0v) is 13.1. The third kappa shape index (κ3) is 3.31. The van der Waals surface area contributed by atoms with Gasteiger partial charge in [-0.3, -0.25) is 4.79 Å². The molecule has 1 aromatic rings. The van der Waals surface area contributed by atoms with Crippen molar-refractivity contribution < 1.29 is 19.1 Å². The Hall–Kier alpha value is -1.11. The molecule has 1 amide bonds. The Balaban J connectivity index is 2.12. The van der Waals surface area contributed by atoms with E-state index in [1.807, 2.05) is 0 Å². The summed E-state index contributed by atoms with van der Waals surface area (Å²) in [5, 5.41) is 0.466. The number of hydrogen-bond donors (Lipinski definition) is 0. The number of esters is 1. The van der Waals surface area contributed by atoms with E-state index in [1.165, 1.54) is 7.11 Å². The second-order valence-corrected chi connectivity index (χ2v) is 5.52. The van der Waals surface area contributed by atoms with Gasteiger partial charge in [0, 0.05) is 16.6 Å². The van der Waals surface area contributed by atoms with Gasteiger partial charge >= 0.3 is 5.97 Å². The van der Waals surface area contributed by atoms with Crippen molar-refractivity contribution in [3.63, 3.8) is 0 Å². The zero-order valence-electron chi connectivity index (χ0n) is 10.8. The SMILES string of the molecule is COC(=O)C1CN(C(=O)c2ccc(Br)c(Cl)c2)CCO1. The number of halogens is 2.